The fraction of sp³-hybridized carbons (Fsp3) is 0.429. The van der Waals surface area contributed by atoms with E-state index in [2.05, 4.69) is 36.2 Å². The Labute approximate surface area is 108 Å². The van der Waals surface area contributed by atoms with E-state index in [-0.39, 0.29) is 0 Å². The monoisotopic (exact) mass is 244 g/mol. The number of aromatic nitrogens is 3. The van der Waals surface area contributed by atoms with Crippen molar-refractivity contribution in [1.29, 1.82) is 0 Å². The third-order valence-corrected chi connectivity index (χ3v) is 3.08. The van der Waals surface area contributed by atoms with Gasteiger partial charge < -0.3 is 5.32 Å². The molecule has 0 aliphatic rings. The van der Waals surface area contributed by atoms with Crippen LogP contribution in [0.4, 0.5) is 0 Å². The van der Waals surface area contributed by atoms with Crippen molar-refractivity contribution < 1.29 is 0 Å². The molecule has 0 saturated heterocycles. The summed E-state index contributed by atoms with van der Waals surface area (Å²) in [5, 5.41) is 7.91. The van der Waals surface area contributed by atoms with Crippen molar-refractivity contribution in [2.24, 2.45) is 0 Å². The molecule has 4 nitrogen and oxygen atoms in total. The molecule has 0 saturated carbocycles. The number of hydrogen-bond acceptors (Lipinski definition) is 3. The van der Waals surface area contributed by atoms with E-state index in [9.17, 15) is 0 Å². The predicted octanol–water partition coefficient (Wildman–Crippen LogP) is 2.64. The van der Waals surface area contributed by atoms with Gasteiger partial charge >= 0.3 is 0 Å². The molecule has 0 aliphatic carbocycles. The average Bonchev–Trinajstić information content (AvgIpc) is 2.79. The first-order valence-electron chi connectivity index (χ1n) is 6.43. The Morgan fingerprint density at radius 1 is 1.39 bits per heavy atom. The van der Waals surface area contributed by atoms with Crippen LogP contribution in [0, 0.1) is 6.92 Å². The van der Waals surface area contributed by atoms with E-state index in [1.54, 1.807) is 6.20 Å². The smallest absolute Gasteiger partial charge is 0.153 e. The SMILES string of the molecule is CCCNC(C)c1cnn(-c2ccccn2)c1C. The Morgan fingerprint density at radius 2 is 2.22 bits per heavy atom. The first-order chi connectivity index (χ1) is 8.74. The van der Waals surface area contributed by atoms with E-state index >= 15 is 0 Å². The Hall–Kier alpha value is -1.68. The van der Waals surface area contributed by atoms with Crippen LogP contribution >= 0.6 is 0 Å². The van der Waals surface area contributed by atoms with Gasteiger partial charge in [0.15, 0.2) is 5.82 Å². The van der Waals surface area contributed by atoms with Gasteiger partial charge in [-0.15, -0.1) is 0 Å². The van der Waals surface area contributed by atoms with Crippen molar-refractivity contribution in [3.63, 3.8) is 0 Å². The molecule has 2 aromatic rings. The van der Waals surface area contributed by atoms with Gasteiger partial charge in [0.1, 0.15) is 0 Å². The lowest BCUT2D eigenvalue weighted by molar-refractivity contribution is 0.568. The summed E-state index contributed by atoms with van der Waals surface area (Å²) in [6.45, 7) is 7.45. The van der Waals surface area contributed by atoms with Crippen molar-refractivity contribution in [3.05, 3.63) is 41.9 Å². The first-order valence-corrected chi connectivity index (χ1v) is 6.43. The average molecular weight is 244 g/mol. The van der Waals surface area contributed by atoms with E-state index in [1.807, 2.05) is 29.1 Å². The zero-order chi connectivity index (χ0) is 13.0. The van der Waals surface area contributed by atoms with Gasteiger partial charge in [0.25, 0.3) is 0 Å². The highest BCUT2D eigenvalue weighted by Crippen LogP contribution is 2.18. The van der Waals surface area contributed by atoms with E-state index in [0.29, 0.717) is 6.04 Å². The van der Waals surface area contributed by atoms with Gasteiger partial charge in [-0.3, -0.25) is 0 Å². The third-order valence-electron chi connectivity index (χ3n) is 3.08. The normalized spacial score (nSPS) is 12.6. The van der Waals surface area contributed by atoms with Crippen molar-refractivity contribution in [1.82, 2.24) is 20.1 Å². The molecule has 0 aliphatic heterocycles. The molecular formula is C14H20N4. The van der Waals surface area contributed by atoms with E-state index in [1.165, 1.54) is 5.56 Å². The minimum Gasteiger partial charge on any atom is -0.310 e. The molecule has 0 bridgehead atoms. The lowest BCUT2D eigenvalue weighted by Crippen LogP contribution is -2.19. The Balaban J connectivity index is 2.24. The second kappa shape index (κ2) is 5.78. The van der Waals surface area contributed by atoms with Crippen molar-refractivity contribution in [2.75, 3.05) is 6.54 Å². The zero-order valence-electron chi connectivity index (χ0n) is 11.2. The van der Waals surface area contributed by atoms with Crippen LogP contribution in [0.5, 0.6) is 0 Å². The number of nitrogens with zero attached hydrogens (tertiary/aromatic N) is 3. The molecule has 2 heterocycles. The third kappa shape index (κ3) is 2.59. The fourth-order valence-corrected chi connectivity index (χ4v) is 2.03. The van der Waals surface area contributed by atoms with Crippen molar-refractivity contribution in [3.8, 4) is 5.82 Å². The molecule has 0 aromatic carbocycles. The maximum atomic E-state index is 4.43. The number of pyridine rings is 1. The minimum atomic E-state index is 0.322. The highest BCUT2D eigenvalue weighted by molar-refractivity contribution is 5.29. The van der Waals surface area contributed by atoms with Gasteiger partial charge in [-0.1, -0.05) is 13.0 Å². The van der Waals surface area contributed by atoms with Gasteiger partial charge in [-0.05, 0) is 38.9 Å². The molecule has 96 valence electrons. The largest absolute Gasteiger partial charge is 0.310 e. The maximum Gasteiger partial charge on any atom is 0.153 e. The molecule has 0 radical (unpaired) electrons. The lowest BCUT2D eigenvalue weighted by atomic mass is 10.1. The van der Waals surface area contributed by atoms with Crippen LogP contribution in [-0.4, -0.2) is 21.3 Å². The first kappa shape index (κ1) is 12.8. The number of nitrogens with one attached hydrogen (secondary N) is 1. The van der Waals surface area contributed by atoms with Crippen LogP contribution in [0.15, 0.2) is 30.6 Å². The van der Waals surface area contributed by atoms with Gasteiger partial charge in [0, 0.05) is 23.5 Å². The molecule has 0 spiro atoms. The number of rotatable bonds is 5. The summed E-state index contributed by atoms with van der Waals surface area (Å²) in [4.78, 5) is 4.32. The second-order valence-electron chi connectivity index (χ2n) is 4.46. The molecule has 1 atom stereocenters. The molecule has 1 unspecified atom stereocenters. The standard InChI is InChI=1S/C14H20N4/c1-4-8-15-11(2)13-10-17-18(12(13)3)14-7-5-6-9-16-14/h5-7,9-11,15H,4,8H2,1-3H3. The van der Waals surface area contributed by atoms with Crippen LogP contribution in [0.3, 0.4) is 0 Å². The Bertz CT molecular complexity index is 490. The highest BCUT2D eigenvalue weighted by atomic mass is 15.3. The molecule has 18 heavy (non-hydrogen) atoms. The summed E-state index contributed by atoms with van der Waals surface area (Å²) in [7, 11) is 0. The summed E-state index contributed by atoms with van der Waals surface area (Å²) in [5.74, 6) is 0.865. The summed E-state index contributed by atoms with van der Waals surface area (Å²) in [6.07, 6.45) is 4.85. The Kier molecular flexibility index (Phi) is 4.10. The van der Waals surface area contributed by atoms with E-state index < -0.39 is 0 Å². The summed E-state index contributed by atoms with van der Waals surface area (Å²) in [5.41, 5.74) is 2.37. The van der Waals surface area contributed by atoms with Gasteiger partial charge in [-0.2, -0.15) is 5.10 Å². The molecule has 0 amide bonds. The lowest BCUT2D eigenvalue weighted by Gasteiger charge is -2.13. The summed E-state index contributed by atoms with van der Waals surface area (Å²) >= 11 is 0. The second-order valence-corrected chi connectivity index (χ2v) is 4.46. The Morgan fingerprint density at radius 3 is 2.89 bits per heavy atom. The maximum absolute atomic E-state index is 4.43. The van der Waals surface area contributed by atoms with Gasteiger partial charge in [0.05, 0.1) is 6.20 Å². The molecular weight excluding hydrogens is 224 g/mol. The summed E-state index contributed by atoms with van der Waals surface area (Å²) in [6, 6.07) is 6.17. The van der Waals surface area contributed by atoms with Crippen LogP contribution < -0.4 is 5.32 Å². The van der Waals surface area contributed by atoms with Crippen LogP contribution in [0.25, 0.3) is 5.82 Å². The van der Waals surface area contributed by atoms with E-state index in [4.69, 9.17) is 0 Å². The highest BCUT2D eigenvalue weighted by Gasteiger charge is 2.13. The molecule has 2 aromatic heterocycles. The minimum absolute atomic E-state index is 0.322. The predicted molar refractivity (Wildman–Crippen MR) is 72.8 cm³/mol. The molecule has 0 fully saturated rings. The van der Waals surface area contributed by atoms with Crippen molar-refractivity contribution >= 4 is 0 Å². The van der Waals surface area contributed by atoms with Gasteiger partial charge in [-0.25, -0.2) is 9.67 Å². The quantitative estimate of drug-likeness (QED) is 0.879. The van der Waals surface area contributed by atoms with Crippen molar-refractivity contribution in [2.45, 2.75) is 33.2 Å². The molecule has 2 rings (SSSR count). The van der Waals surface area contributed by atoms with Crippen LogP contribution in [0.1, 0.15) is 37.6 Å². The zero-order valence-corrected chi connectivity index (χ0v) is 11.2. The van der Waals surface area contributed by atoms with Crippen LogP contribution in [0.2, 0.25) is 0 Å². The van der Waals surface area contributed by atoms with Gasteiger partial charge in [0.2, 0.25) is 0 Å². The molecule has 1 N–H and O–H groups in total. The number of hydrogen-bond donors (Lipinski definition) is 1. The molecule has 4 heteroatoms. The van der Waals surface area contributed by atoms with Crippen LogP contribution in [-0.2, 0) is 0 Å². The van der Waals surface area contributed by atoms with E-state index in [0.717, 1.165) is 24.5 Å². The summed E-state index contributed by atoms with van der Waals surface area (Å²) < 4.78 is 1.89. The fourth-order valence-electron chi connectivity index (χ4n) is 2.03. The topological polar surface area (TPSA) is 42.7 Å².